The van der Waals surface area contributed by atoms with Crippen molar-refractivity contribution in [3.63, 3.8) is 0 Å². The van der Waals surface area contributed by atoms with Crippen molar-refractivity contribution >= 4 is 23.2 Å². The van der Waals surface area contributed by atoms with Gasteiger partial charge in [0, 0.05) is 6.54 Å². The van der Waals surface area contributed by atoms with Gasteiger partial charge in [-0.05, 0) is 36.8 Å². The number of anilines is 2. The molecule has 0 spiro atoms. The van der Waals surface area contributed by atoms with Crippen molar-refractivity contribution in [1.29, 1.82) is 0 Å². The monoisotopic (exact) mass is 439 g/mol. The zero-order valence-corrected chi connectivity index (χ0v) is 17.4. The van der Waals surface area contributed by atoms with Crippen LogP contribution in [0, 0.1) is 6.92 Å². The summed E-state index contributed by atoms with van der Waals surface area (Å²) in [7, 11) is 0. The third kappa shape index (κ3) is 6.53. The standard InChI is InChI=1S/C24H23F2N3O3/c1-16-10-12-17(13-11-16)14-28-23(31)18-6-2-3-7-19(18)29-22(30)15-27-20-8-4-5-9-21(20)32-24(25)26/h2-13,24,27H,14-15H2,1H3,(H,28,31)(H,29,30). The van der Waals surface area contributed by atoms with Crippen LogP contribution in [0.4, 0.5) is 20.2 Å². The predicted molar refractivity (Wildman–Crippen MR) is 119 cm³/mol. The van der Waals surface area contributed by atoms with E-state index in [-0.39, 0.29) is 23.9 Å². The lowest BCUT2D eigenvalue weighted by Crippen LogP contribution is -2.27. The van der Waals surface area contributed by atoms with Crippen LogP contribution in [-0.4, -0.2) is 25.0 Å². The van der Waals surface area contributed by atoms with Gasteiger partial charge in [-0.1, -0.05) is 54.1 Å². The van der Waals surface area contributed by atoms with Crippen molar-refractivity contribution in [3.05, 3.63) is 89.5 Å². The lowest BCUT2D eigenvalue weighted by Gasteiger charge is -2.14. The molecule has 0 saturated carbocycles. The maximum absolute atomic E-state index is 12.6. The molecule has 32 heavy (non-hydrogen) atoms. The Morgan fingerprint density at radius 1 is 0.906 bits per heavy atom. The number of benzene rings is 3. The Kier molecular flexibility index (Phi) is 7.75. The number of rotatable bonds is 9. The van der Waals surface area contributed by atoms with Crippen molar-refractivity contribution in [2.24, 2.45) is 0 Å². The van der Waals surface area contributed by atoms with Crippen molar-refractivity contribution in [2.75, 3.05) is 17.2 Å². The molecule has 0 saturated heterocycles. The summed E-state index contributed by atoms with van der Waals surface area (Å²) in [6, 6.07) is 20.5. The first-order chi connectivity index (χ1) is 15.4. The molecule has 0 unspecified atom stereocenters. The van der Waals surface area contributed by atoms with E-state index in [1.54, 1.807) is 36.4 Å². The SMILES string of the molecule is Cc1ccc(CNC(=O)c2ccccc2NC(=O)CNc2ccccc2OC(F)F)cc1. The minimum Gasteiger partial charge on any atom is -0.433 e. The molecule has 0 heterocycles. The zero-order valence-electron chi connectivity index (χ0n) is 17.4. The van der Waals surface area contributed by atoms with Gasteiger partial charge in [0.2, 0.25) is 5.91 Å². The minimum absolute atomic E-state index is 0.0637. The second-order valence-corrected chi connectivity index (χ2v) is 6.99. The number of hydrogen-bond acceptors (Lipinski definition) is 4. The summed E-state index contributed by atoms with van der Waals surface area (Å²) in [4.78, 5) is 25.1. The summed E-state index contributed by atoms with van der Waals surface area (Å²) in [5.41, 5.74) is 3.00. The summed E-state index contributed by atoms with van der Waals surface area (Å²) < 4.78 is 29.5. The van der Waals surface area contributed by atoms with E-state index in [2.05, 4.69) is 20.7 Å². The summed E-state index contributed by atoms with van der Waals surface area (Å²) in [6.07, 6.45) is 0. The van der Waals surface area contributed by atoms with E-state index in [0.29, 0.717) is 17.8 Å². The Morgan fingerprint density at radius 3 is 2.28 bits per heavy atom. The molecular formula is C24H23F2N3O3. The normalized spacial score (nSPS) is 10.5. The van der Waals surface area contributed by atoms with Gasteiger partial charge in [0.1, 0.15) is 5.75 Å². The molecule has 0 atom stereocenters. The number of halogens is 2. The molecule has 2 amide bonds. The van der Waals surface area contributed by atoms with Crippen molar-refractivity contribution in [3.8, 4) is 5.75 Å². The van der Waals surface area contributed by atoms with E-state index in [4.69, 9.17) is 0 Å². The van der Waals surface area contributed by atoms with Gasteiger partial charge < -0.3 is 20.7 Å². The first-order valence-electron chi connectivity index (χ1n) is 9.92. The third-order valence-corrected chi connectivity index (χ3v) is 4.56. The number of para-hydroxylation sites is 3. The average molecular weight is 439 g/mol. The Balaban J connectivity index is 1.60. The first kappa shape index (κ1) is 22.7. The fourth-order valence-corrected chi connectivity index (χ4v) is 2.95. The van der Waals surface area contributed by atoms with E-state index in [1.165, 1.54) is 12.1 Å². The Morgan fingerprint density at radius 2 is 1.56 bits per heavy atom. The number of aryl methyl sites for hydroxylation is 1. The van der Waals surface area contributed by atoms with E-state index in [1.807, 2.05) is 31.2 Å². The van der Waals surface area contributed by atoms with E-state index in [0.717, 1.165) is 11.1 Å². The molecule has 0 aliphatic rings. The van der Waals surface area contributed by atoms with E-state index < -0.39 is 12.5 Å². The van der Waals surface area contributed by atoms with Gasteiger partial charge >= 0.3 is 6.61 Å². The van der Waals surface area contributed by atoms with Crippen LogP contribution in [-0.2, 0) is 11.3 Å². The summed E-state index contributed by atoms with van der Waals surface area (Å²) in [5.74, 6) is -0.841. The maximum Gasteiger partial charge on any atom is 0.387 e. The number of nitrogens with one attached hydrogen (secondary N) is 3. The van der Waals surface area contributed by atoms with Crippen LogP contribution >= 0.6 is 0 Å². The Labute approximate surface area is 184 Å². The molecule has 3 aromatic rings. The summed E-state index contributed by atoms with van der Waals surface area (Å²) in [5, 5.41) is 8.28. The smallest absolute Gasteiger partial charge is 0.387 e. The molecule has 0 fully saturated rings. The van der Waals surface area contributed by atoms with Crippen molar-refractivity contribution in [1.82, 2.24) is 5.32 Å². The highest BCUT2D eigenvalue weighted by atomic mass is 19.3. The van der Waals surface area contributed by atoms with Crippen LogP contribution in [0.3, 0.4) is 0 Å². The van der Waals surface area contributed by atoms with E-state index >= 15 is 0 Å². The molecule has 166 valence electrons. The van der Waals surface area contributed by atoms with Crippen LogP contribution in [0.2, 0.25) is 0 Å². The number of hydrogen-bond donors (Lipinski definition) is 3. The number of carbonyl (C=O) groups is 2. The Bertz CT molecular complexity index is 1070. The third-order valence-electron chi connectivity index (χ3n) is 4.56. The van der Waals surface area contributed by atoms with Gasteiger partial charge in [-0.3, -0.25) is 9.59 Å². The first-order valence-corrected chi connectivity index (χ1v) is 9.92. The second kappa shape index (κ2) is 10.9. The Hall–Kier alpha value is -3.94. The molecule has 0 aliphatic heterocycles. The maximum atomic E-state index is 12.6. The quantitative estimate of drug-likeness (QED) is 0.456. The van der Waals surface area contributed by atoms with Crippen molar-refractivity contribution < 1.29 is 23.1 Å². The molecule has 8 heteroatoms. The molecule has 0 bridgehead atoms. The van der Waals surface area contributed by atoms with Gasteiger partial charge in [-0.2, -0.15) is 8.78 Å². The number of amides is 2. The fourth-order valence-electron chi connectivity index (χ4n) is 2.95. The zero-order chi connectivity index (χ0) is 22.9. The van der Waals surface area contributed by atoms with Crippen LogP contribution in [0.15, 0.2) is 72.8 Å². The van der Waals surface area contributed by atoms with Crippen LogP contribution < -0.4 is 20.7 Å². The molecular weight excluding hydrogens is 416 g/mol. The van der Waals surface area contributed by atoms with Gasteiger partial charge in [-0.15, -0.1) is 0 Å². The van der Waals surface area contributed by atoms with Gasteiger partial charge in [0.25, 0.3) is 5.91 Å². The van der Waals surface area contributed by atoms with Crippen LogP contribution in [0.5, 0.6) is 5.75 Å². The predicted octanol–water partition coefficient (Wildman–Crippen LogP) is 4.58. The molecule has 6 nitrogen and oxygen atoms in total. The highest BCUT2D eigenvalue weighted by Crippen LogP contribution is 2.25. The largest absolute Gasteiger partial charge is 0.433 e. The fraction of sp³-hybridized carbons (Fsp3) is 0.167. The number of carbonyl (C=O) groups excluding carboxylic acids is 2. The lowest BCUT2D eigenvalue weighted by atomic mass is 10.1. The number of alkyl halides is 2. The van der Waals surface area contributed by atoms with Gasteiger partial charge in [0.15, 0.2) is 0 Å². The highest BCUT2D eigenvalue weighted by Gasteiger charge is 2.14. The van der Waals surface area contributed by atoms with Gasteiger partial charge in [0.05, 0.1) is 23.5 Å². The molecule has 0 aliphatic carbocycles. The lowest BCUT2D eigenvalue weighted by molar-refractivity contribution is -0.114. The molecule has 3 aromatic carbocycles. The minimum atomic E-state index is -2.97. The highest BCUT2D eigenvalue weighted by molar-refractivity contribution is 6.04. The summed E-state index contributed by atoms with van der Waals surface area (Å²) in [6.45, 7) is -0.843. The van der Waals surface area contributed by atoms with Gasteiger partial charge in [-0.25, -0.2) is 0 Å². The van der Waals surface area contributed by atoms with Crippen LogP contribution in [0.25, 0.3) is 0 Å². The topological polar surface area (TPSA) is 79.5 Å². The van der Waals surface area contributed by atoms with E-state index in [9.17, 15) is 18.4 Å². The number of ether oxygens (including phenoxy) is 1. The molecule has 0 aromatic heterocycles. The molecule has 0 radical (unpaired) electrons. The molecule has 3 rings (SSSR count). The average Bonchev–Trinajstić information content (AvgIpc) is 2.78. The summed E-state index contributed by atoms with van der Waals surface area (Å²) >= 11 is 0. The van der Waals surface area contributed by atoms with Crippen LogP contribution in [0.1, 0.15) is 21.5 Å². The molecule has 3 N–H and O–H groups in total. The second-order valence-electron chi connectivity index (χ2n) is 6.99. The van der Waals surface area contributed by atoms with Crippen molar-refractivity contribution in [2.45, 2.75) is 20.1 Å².